The van der Waals surface area contributed by atoms with Crippen molar-refractivity contribution in [3.8, 4) is 0 Å². The van der Waals surface area contributed by atoms with Crippen molar-refractivity contribution in [3.05, 3.63) is 38.9 Å². The van der Waals surface area contributed by atoms with Crippen LogP contribution in [0.1, 0.15) is 23.7 Å². The van der Waals surface area contributed by atoms with Gasteiger partial charge in [-0.05, 0) is 38.1 Å². The van der Waals surface area contributed by atoms with Crippen LogP contribution in [0.15, 0.2) is 18.2 Å². The van der Waals surface area contributed by atoms with E-state index in [0.717, 1.165) is 19.5 Å². The van der Waals surface area contributed by atoms with Crippen LogP contribution in [-0.4, -0.2) is 41.9 Å². The number of nitrogens with one attached hydrogen (secondary N) is 1. The lowest BCUT2D eigenvalue weighted by atomic mass is 9.94. The number of carbonyl (C=O) groups excluding carboxylic acids is 1. The van der Waals surface area contributed by atoms with Crippen LogP contribution in [0.25, 0.3) is 0 Å². The molecule has 0 saturated carbocycles. The number of amides is 1. The summed E-state index contributed by atoms with van der Waals surface area (Å²) in [6.07, 6.45) is 0.893. The number of nitro benzene ring substituents is 1. The van der Waals surface area contributed by atoms with E-state index in [1.54, 1.807) is 0 Å². The molecule has 1 aromatic rings. The van der Waals surface area contributed by atoms with Crippen molar-refractivity contribution in [1.29, 1.82) is 0 Å². The summed E-state index contributed by atoms with van der Waals surface area (Å²) >= 11 is 5.83. The quantitative estimate of drug-likeness (QED) is 0.686. The van der Waals surface area contributed by atoms with E-state index in [-0.39, 0.29) is 22.7 Å². The van der Waals surface area contributed by atoms with Gasteiger partial charge >= 0.3 is 0 Å². The fraction of sp³-hybridized carbons (Fsp3) is 0.500. The molecule has 1 aliphatic rings. The molecule has 1 amide bonds. The van der Waals surface area contributed by atoms with Gasteiger partial charge in [-0.2, -0.15) is 0 Å². The molecule has 0 bridgehead atoms. The summed E-state index contributed by atoms with van der Waals surface area (Å²) in [6.45, 7) is 3.98. The third-order valence-corrected chi connectivity index (χ3v) is 4.13. The predicted molar refractivity (Wildman–Crippen MR) is 80.6 cm³/mol. The summed E-state index contributed by atoms with van der Waals surface area (Å²) in [5, 5.41) is 13.7. The van der Waals surface area contributed by atoms with Crippen molar-refractivity contribution < 1.29 is 9.72 Å². The Morgan fingerprint density at radius 1 is 1.52 bits per heavy atom. The fourth-order valence-electron chi connectivity index (χ4n) is 2.62. The van der Waals surface area contributed by atoms with Gasteiger partial charge in [-0.3, -0.25) is 14.9 Å². The molecule has 1 aliphatic heterocycles. The molecule has 21 heavy (non-hydrogen) atoms. The van der Waals surface area contributed by atoms with Gasteiger partial charge in [-0.1, -0.05) is 18.5 Å². The molecule has 2 atom stereocenters. The molecule has 1 N–H and O–H groups in total. The lowest BCUT2D eigenvalue weighted by Gasteiger charge is -2.35. The van der Waals surface area contributed by atoms with Gasteiger partial charge in [0.15, 0.2) is 0 Å². The molecule has 2 unspecified atom stereocenters. The fourth-order valence-corrected chi connectivity index (χ4v) is 2.87. The summed E-state index contributed by atoms with van der Waals surface area (Å²) in [4.78, 5) is 24.6. The Kier molecular flexibility index (Phi) is 4.80. The Labute approximate surface area is 128 Å². The van der Waals surface area contributed by atoms with E-state index in [9.17, 15) is 14.9 Å². The standard InChI is InChI=1S/C14H18ClN3O3/c1-9-8-17(2)6-5-12(9)16-14(19)10-3-4-13(18(20)21)11(15)7-10/h3-4,7,9,12H,5-6,8H2,1-2H3,(H,16,19). The zero-order chi connectivity index (χ0) is 15.6. The second-order valence-electron chi connectivity index (χ2n) is 5.53. The third-order valence-electron chi connectivity index (χ3n) is 3.83. The van der Waals surface area contributed by atoms with E-state index in [2.05, 4.69) is 24.2 Å². The zero-order valence-corrected chi connectivity index (χ0v) is 12.8. The monoisotopic (exact) mass is 311 g/mol. The van der Waals surface area contributed by atoms with Crippen molar-refractivity contribution in [3.63, 3.8) is 0 Å². The number of nitrogens with zero attached hydrogens (tertiary/aromatic N) is 2. The van der Waals surface area contributed by atoms with Crippen LogP contribution in [0.2, 0.25) is 5.02 Å². The highest BCUT2D eigenvalue weighted by atomic mass is 35.5. The first kappa shape index (κ1) is 15.7. The zero-order valence-electron chi connectivity index (χ0n) is 12.0. The number of benzene rings is 1. The Morgan fingerprint density at radius 2 is 2.24 bits per heavy atom. The van der Waals surface area contributed by atoms with Gasteiger partial charge in [-0.25, -0.2) is 0 Å². The molecule has 0 aromatic heterocycles. The maximum atomic E-state index is 12.2. The van der Waals surface area contributed by atoms with Crippen molar-refractivity contribution in [1.82, 2.24) is 10.2 Å². The number of hydrogen-bond donors (Lipinski definition) is 1. The maximum absolute atomic E-state index is 12.2. The molecule has 1 saturated heterocycles. The molecule has 1 heterocycles. The van der Waals surface area contributed by atoms with E-state index in [1.807, 2.05) is 0 Å². The average Bonchev–Trinajstić information content (AvgIpc) is 2.41. The van der Waals surface area contributed by atoms with Crippen LogP contribution < -0.4 is 5.32 Å². The van der Waals surface area contributed by atoms with Crippen molar-refractivity contribution in [2.75, 3.05) is 20.1 Å². The molecule has 1 aromatic carbocycles. The number of hydrogen-bond acceptors (Lipinski definition) is 4. The van der Waals surface area contributed by atoms with Gasteiger partial charge in [0.25, 0.3) is 11.6 Å². The van der Waals surface area contributed by atoms with Crippen LogP contribution in [0, 0.1) is 16.0 Å². The first-order chi connectivity index (χ1) is 9.88. The maximum Gasteiger partial charge on any atom is 0.287 e. The topological polar surface area (TPSA) is 75.5 Å². The smallest absolute Gasteiger partial charge is 0.287 e. The van der Waals surface area contributed by atoms with Gasteiger partial charge < -0.3 is 10.2 Å². The number of rotatable bonds is 3. The first-order valence-electron chi connectivity index (χ1n) is 6.82. The molecule has 0 spiro atoms. The molecular formula is C14H18ClN3O3. The van der Waals surface area contributed by atoms with Gasteiger partial charge in [0.2, 0.25) is 0 Å². The SMILES string of the molecule is CC1CN(C)CCC1NC(=O)c1ccc([N+](=O)[O-])c(Cl)c1. The van der Waals surface area contributed by atoms with Crippen LogP contribution in [-0.2, 0) is 0 Å². The summed E-state index contributed by atoms with van der Waals surface area (Å²) in [7, 11) is 2.06. The predicted octanol–water partition coefficient (Wildman–Crippen LogP) is 2.32. The van der Waals surface area contributed by atoms with Crippen molar-refractivity contribution in [2.24, 2.45) is 5.92 Å². The van der Waals surface area contributed by atoms with E-state index < -0.39 is 4.92 Å². The Balaban J connectivity index is 2.07. The largest absolute Gasteiger partial charge is 0.349 e. The molecule has 2 rings (SSSR count). The molecule has 6 nitrogen and oxygen atoms in total. The minimum absolute atomic E-state index is 0.0240. The minimum atomic E-state index is -0.566. The highest BCUT2D eigenvalue weighted by molar-refractivity contribution is 6.33. The van der Waals surface area contributed by atoms with Gasteiger partial charge in [0, 0.05) is 24.2 Å². The number of likely N-dealkylation sites (tertiary alicyclic amines) is 1. The summed E-state index contributed by atoms with van der Waals surface area (Å²) < 4.78 is 0. The van der Waals surface area contributed by atoms with E-state index in [4.69, 9.17) is 11.6 Å². The van der Waals surface area contributed by atoms with E-state index >= 15 is 0 Å². The molecule has 1 fully saturated rings. The lowest BCUT2D eigenvalue weighted by Crippen LogP contribution is -2.48. The minimum Gasteiger partial charge on any atom is -0.349 e. The molecule has 7 heteroatoms. The first-order valence-corrected chi connectivity index (χ1v) is 7.19. The second-order valence-corrected chi connectivity index (χ2v) is 5.94. The number of carbonyl (C=O) groups is 1. The van der Waals surface area contributed by atoms with Crippen LogP contribution in [0.4, 0.5) is 5.69 Å². The van der Waals surface area contributed by atoms with Gasteiger partial charge in [0.05, 0.1) is 4.92 Å². The van der Waals surface area contributed by atoms with Crippen LogP contribution >= 0.6 is 11.6 Å². The molecule has 0 aliphatic carbocycles. The highest BCUT2D eigenvalue weighted by Crippen LogP contribution is 2.25. The van der Waals surface area contributed by atoms with Crippen LogP contribution in [0.5, 0.6) is 0 Å². The molecule has 114 valence electrons. The summed E-state index contributed by atoms with van der Waals surface area (Å²) in [5.41, 5.74) is 0.151. The van der Waals surface area contributed by atoms with E-state index in [0.29, 0.717) is 11.5 Å². The average molecular weight is 312 g/mol. The number of nitro groups is 1. The summed E-state index contributed by atoms with van der Waals surface area (Å²) in [6, 6.07) is 4.14. The molecule has 0 radical (unpaired) electrons. The normalized spacial score (nSPS) is 22.8. The second kappa shape index (κ2) is 6.41. The number of halogens is 1. The number of piperidine rings is 1. The van der Waals surface area contributed by atoms with Gasteiger partial charge in [0.1, 0.15) is 5.02 Å². The lowest BCUT2D eigenvalue weighted by molar-refractivity contribution is -0.384. The van der Waals surface area contributed by atoms with Crippen molar-refractivity contribution >= 4 is 23.2 Å². The third kappa shape index (κ3) is 3.71. The highest BCUT2D eigenvalue weighted by Gasteiger charge is 2.26. The van der Waals surface area contributed by atoms with Crippen LogP contribution in [0.3, 0.4) is 0 Å². The Bertz CT molecular complexity index is 564. The van der Waals surface area contributed by atoms with E-state index in [1.165, 1.54) is 18.2 Å². The Hall–Kier alpha value is -1.66. The van der Waals surface area contributed by atoms with Crippen molar-refractivity contribution in [2.45, 2.75) is 19.4 Å². The molecular weight excluding hydrogens is 294 g/mol. The summed E-state index contributed by atoms with van der Waals surface area (Å²) in [5.74, 6) is 0.120. The van der Waals surface area contributed by atoms with Gasteiger partial charge in [-0.15, -0.1) is 0 Å². The Morgan fingerprint density at radius 3 is 2.81 bits per heavy atom.